The van der Waals surface area contributed by atoms with E-state index >= 15 is 0 Å². The molecular formula is C17H32O7. The summed E-state index contributed by atoms with van der Waals surface area (Å²) in [6, 6.07) is 0. The van der Waals surface area contributed by atoms with Gasteiger partial charge in [0, 0.05) is 13.0 Å². The number of carbonyl (C=O) groups is 1. The van der Waals surface area contributed by atoms with Gasteiger partial charge in [-0.25, -0.2) is 0 Å². The van der Waals surface area contributed by atoms with Crippen LogP contribution in [-0.2, 0) is 19.0 Å². The smallest absolute Gasteiger partial charge is 0.305 e. The Hall–Kier alpha value is -0.730. The molecule has 7 nitrogen and oxygen atoms in total. The standard InChI is InChI=1S/C17H32O7/c1-3-5-6-7-8-9-10-13(18)23-11-12-14(19)15(20)16(21)17(24-12)22-4-2/h12,14-17,19-21H,3-11H2,1-2H3/t12-,14-,15+,16-,17?/m1/s1. The second kappa shape index (κ2) is 11.8. The van der Waals surface area contributed by atoms with Gasteiger partial charge in [0.15, 0.2) is 6.29 Å². The molecule has 5 atom stereocenters. The molecule has 1 saturated heterocycles. The predicted octanol–water partition coefficient (Wildman–Crippen LogP) is 1.12. The summed E-state index contributed by atoms with van der Waals surface area (Å²) in [4.78, 5) is 11.7. The number of aliphatic hydroxyl groups is 3. The lowest BCUT2D eigenvalue weighted by Crippen LogP contribution is -2.59. The zero-order valence-electron chi connectivity index (χ0n) is 14.7. The Bertz CT molecular complexity index is 350. The van der Waals surface area contributed by atoms with E-state index in [2.05, 4.69) is 6.92 Å². The molecule has 0 saturated carbocycles. The minimum Gasteiger partial charge on any atom is -0.463 e. The normalized spacial score (nSPS) is 30.3. The molecule has 3 N–H and O–H groups in total. The predicted molar refractivity (Wildman–Crippen MR) is 87.3 cm³/mol. The minimum atomic E-state index is -1.41. The van der Waals surface area contributed by atoms with Crippen molar-refractivity contribution in [2.75, 3.05) is 13.2 Å². The molecule has 1 fully saturated rings. The molecule has 1 unspecified atom stereocenters. The number of aliphatic hydroxyl groups excluding tert-OH is 3. The van der Waals surface area contributed by atoms with E-state index in [4.69, 9.17) is 14.2 Å². The van der Waals surface area contributed by atoms with Crippen molar-refractivity contribution >= 4 is 5.97 Å². The second-order valence-electron chi connectivity index (χ2n) is 6.17. The van der Waals surface area contributed by atoms with Gasteiger partial charge in [-0.05, 0) is 13.3 Å². The van der Waals surface area contributed by atoms with Crippen molar-refractivity contribution < 1.29 is 34.3 Å². The fourth-order valence-corrected chi connectivity index (χ4v) is 2.65. The summed E-state index contributed by atoms with van der Waals surface area (Å²) in [5.74, 6) is -0.352. The van der Waals surface area contributed by atoms with Gasteiger partial charge in [-0.3, -0.25) is 4.79 Å². The molecule has 1 aliphatic heterocycles. The lowest BCUT2D eigenvalue weighted by atomic mass is 9.99. The van der Waals surface area contributed by atoms with Crippen molar-refractivity contribution in [1.82, 2.24) is 0 Å². The molecule has 0 aromatic heterocycles. The van der Waals surface area contributed by atoms with Gasteiger partial charge in [0.2, 0.25) is 0 Å². The van der Waals surface area contributed by atoms with Gasteiger partial charge >= 0.3 is 5.97 Å². The molecule has 0 bridgehead atoms. The molecule has 0 aliphatic carbocycles. The lowest BCUT2D eigenvalue weighted by molar-refractivity contribution is -0.300. The van der Waals surface area contributed by atoms with Crippen LogP contribution in [0.1, 0.15) is 58.8 Å². The van der Waals surface area contributed by atoms with Crippen LogP contribution >= 0.6 is 0 Å². The van der Waals surface area contributed by atoms with Gasteiger partial charge in [0.1, 0.15) is 31.0 Å². The Morgan fingerprint density at radius 3 is 2.29 bits per heavy atom. The highest BCUT2D eigenvalue weighted by atomic mass is 16.7. The molecule has 1 aliphatic rings. The van der Waals surface area contributed by atoms with E-state index in [1.54, 1.807) is 6.92 Å². The number of rotatable bonds is 11. The summed E-state index contributed by atoms with van der Waals surface area (Å²) < 4.78 is 15.7. The van der Waals surface area contributed by atoms with Gasteiger partial charge in [0.25, 0.3) is 0 Å². The van der Waals surface area contributed by atoms with Gasteiger partial charge in [-0.1, -0.05) is 39.0 Å². The van der Waals surface area contributed by atoms with Crippen LogP contribution < -0.4 is 0 Å². The SMILES string of the molecule is CCCCCCCCC(=O)OC[C@H]1OC(OCC)[C@H](O)[C@@H](O)[C@@H]1O. The molecule has 0 spiro atoms. The van der Waals surface area contributed by atoms with E-state index in [-0.39, 0.29) is 19.2 Å². The molecule has 24 heavy (non-hydrogen) atoms. The summed E-state index contributed by atoms with van der Waals surface area (Å²) in [6.07, 6.45) is 0.767. The van der Waals surface area contributed by atoms with Gasteiger partial charge in [0.05, 0.1) is 0 Å². The molecule has 1 heterocycles. The van der Waals surface area contributed by atoms with Crippen LogP contribution in [-0.4, -0.2) is 65.2 Å². The maximum absolute atomic E-state index is 11.7. The summed E-state index contributed by atoms with van der Waals surface area (Å²) in [7, 11) is 0. The van der Waals surface area contributed by atoms with Crippen LogP contribution in [0.25, 0.3) is 0 Å². The molecule has 7 heteroatoms. The van der Waals surface area contributed by atoms with E-state index < -0.39 is 30.7 Å². The van der Waals surface area contributed by atoms with Crippen molar-refractivity contribution in [3.05, 3.63) is 0 Å². The van der Waals surface area contributed by atoms with Crippen molar-refractivity contribution in [1.29, 1.82) is 0 Å². The summed E-state index contributed by atoms with van der Waals surface area (Å²) >= 11 is 0. The van der Waals surface area contributed by atoms with E-state index in [0.717, 1.165) is 19.3 Å². The van der Waals surface area contributed by atoms with Crippen LogP contribution in [0.4, 0.5) is 0 Å². The topological polar surface area (TPSA) is 105 Å². The number of carbonyl (C=O) groups excluding carboxylic acids is 1. The van der Waals surface area contributed by atoms with Gasteiger partial charge in [-0.15, -0.1) is 0 Å². The number of hydrogen-bond acceptors (Lipinski definition) is 7. The molecule has 0 amide bonds. The Balaban J connectivity index is 2.27. The third-order valence-electron chi connectivity index (χ3n) is 4.14. The van der Waals surface area contributed by atoms with E-state index in [0.29, 0.717) is 6.42 Å². The largest absolute Gasteiger partial charge is 0.463 e. The molecule has 0 radical (unpaired) electrons. The third-order valence-corrected chi connectivity index (χ3v) is 4.14. The summed E-state index contributed by atoms with van der Waals surface area (Å²) in [5, 5.41) is 29.5. The van der Waals surface area contributed by atoms with Crippen molar-refractivity contribution in [3.8, 4) is 0 Å². The highest BCUT2D eigenvalue weighted by Crippen LogP contribution is 2.22. The lowest BCUT2D eigenvalue weighted by Gasteiger charge is -2.39. The maximum Gasteiger partial charge on any atom is 0.305 e. The van der Waals surface area contributed by atoms with E-state index in [9.17, 15) is 20.1 Å². The van der Waals surface area contributed by atoms with E-state index in [1.165, 1.54) is 19.3 Å². The first-order valence-corrected chi connectivity index (χ1v) is 8.98. The third kappa shape index (κ3) is 7.03. The first-order chi connectivity index (χ1) is 11.5. The highest BCUT2D eigenvalue weighted by Gasteiger charge is 2.44. The Morgan fingerprint density at radius 1 is 0.958 bits per heavy atom. The van der Waals surface area contributed by atoms with Crippen LogP contribution in [0.5, 0.6) is 0 Å². The fraction of sp³-hybridized carbons (Fsp3) is 0.941. The monoisotopic (exact) mass is 348 g/mol. The van der Waals surface area contributed by atoms with Crippen LogP contribution in [0.2, 0.25) is 0 Å². The van der Waals surface area contributed by atoms with Crippen LogP contribution in [0, 0.1) is 0 Å². The number of esters is 1. The van der Waals surface area contributed by atoms with Crippen molar-refractivity contribution in [2.45, 2.75) is 89.5 Å². The fourth-order valence-electron chi connectivity index (χ4n) is 2.65. The number of ether oxygens (including phenoxy) is 3. The van der Waals surface area contributed by atoms with Crippen LogP contribution in [0.15, 0.2) is 0 Å². The Morgan fingerprint density at radius 2 is 1.62 bits per heavy atom. The summed E-state index contributed by atoms with van der Waals surface area (Å²) in [5.41, 5.74) is 0. The zero-order valence-corrected chi connectivity index (χ0v) is 14.7. The molecular weight excluding hydrogens is 316 g/mol. The first kappa shape index (κ1) is 21.3. The zero-order chi connectivity index (χ0) is 17.9. The average Bonchev–Trinajstić information content (AvgIpc) is 2.57. The number of unbranched alkanes of at least 4 members (excludes halogenated alkanes) is 5. The van der Waals surface area contributed by atoms with Crippen molar-refractivity contribution in [2.24, 2.45) is 0 Å². The van der Waals surface area contributed by atoms with E-state index in [1.807, 2.05) is 0 Å². The highest BCUT2D eigenvalue weighted by molar-refractivity contribution is 5.69. The molecule has 0 aromatic carbocycles. The maximum atomic E-state index is 11.7. The van der Waals surface area contributed by atoms with Gasteiger partial charge < -0.3 is 29.5 Å². The van der Waals surface area contributed by atoms with Crippen LogP contribution in [0.3, 0.4) is 0 Å². The second-order valence-corrected chi connectivity index (χ2v) is 6.17. The van der Waals surface area contributed by atoms with Crippen molar-refractivity contribution in [3.63, 3.8) is 0 Å². The quantitative estimate of drug-likeness (QED) is 0.379. The Labute approximate surface area is 143 Å². The average molecular weight is 348 g/mol. The molecule has 1 rings (SSSR count). The minimum absolute atomic E-state index is 0.177. The summed E-state index contributed by atoms with van der Waals surface area (Å²) in [6.45, 7) is 3.99. The molecule has 142 valence electrons. The number of hydrogen-bond donors (Lipinski definition) is 3. The first-order valence-electron chi connectivity index (χ1n) is 8.98. The Kier molecular flexibility index (Phi) is 10.4. The molecule has 0 aromatic rings. The van der Waals surface area contributed by atoms with Gasteiger partial charge in [-0.2, -0.15) is 0 Å².